The first kappa shape index (κ1) is 25.3. The number of rotatable bonds is 8. The summed E-state index contributed by atoms with van der Waals surface area (Å²) in [5.41, 5.74) is 2.83. The molecule has 1 aromatic heterocycles. The average molecular weight is 465 g/mol. The fourth-order valence-electron chi connectivity index (χ4n) is 3.84. The second-order valence-corrected chi connectivity index (χ2v) is 10.1. The smallest absolute Gasteiger partial charge is 0.304 e. The molecule has 2 amide bonds. The molecular formula is C27H36N4O3. The molecule has 3 rings (SSSR count). The van der Waals surface area contributed by atoms with Gasteiger partial charge in [0, 0.05) is 27.7 Å². The van der Waals surface area contributed by atoms with Gasteiger partial charge < -0.3 is 14.5 Å². The minimum atomic E-state index is -0.240. The number of carbonyl (C=O) groups excluding carboxylic acids is 2. The van der Waals surface area contributed by atoms with E-state index < -0.39 is 0 Å². The molecule has 2 aromatic rings. The average Bonchev–Trinajstić information content (AvgIpc) is 3.15. The number of amides is 2. The molecule has 7 nitrogen and oxygen atoms in total. The quantitative estimate of drug-likeness (QED) is 0.535. The van der Waals surface area contributed by atoms with Gasteiger partial charge in [-0.25, -0.2) is 0 Å². The van der Waals surface area contributed by atoms with Gasteiger partial charge in [-0.3, -0.25) is 14.2 Å². The summed E-state index contributed by atoms with van der Waals surface area (Å²) < 4.78 is 7.99. The van der Waals surface area contributed by atoms with Crippen LogP contribution in [-0.2, 0) is 17.8 Å². The topological polar surface area (TPSA) is 67.7 Å². The van der Waals surface area contributed by atoms with Crippen molar-refractivity contribution in [3.05, 3.63) is 65.1 Å². The van der Waals surface area contributed by atoms with E-state index in [1.165, 1.54) is 15.4 Å². The third-order valence-corrected chi connectivity index (χ3v) is 6.15. The van der Waals surface area contributed by atoms with Gasteiger partial charge in [-0.2, -0.15) is 4.98 Å². The van der Waals surface area contributed by atoms with Gasteiger partial charge in [-0.15, -0.1) is 0 Å². The fourth-order valence-corrected chi connectivity index (χ4v) is 3.84. The van der Waals surface area contributed by atoms with Crippen molar-refractivity contribution in [2.24, 2.45) is 11.3 Å². The molecule has 0 saturated heterocycles. The van der Waals surface area contributed by atoms with Crippen LogP contribution < -0.4 is 9.64 Å². The van der Waals surface area contributed by atoms with Crippen molar-refractivity contribution in [1.29, 1.82) is 0 Å². The van der Waals surface area contributed by atoms with E-state index in [2.05, 4.69) is 69.1 Å². The Morgan fingerprint density at radius 2 is 1.88 bits per heavy atom. The lowest BCUT2D eigenvalue weighted by Crippen LogP contribution is -2.28. The second-order valence-electron chi connectivity index (χ2n) is 10.1. The van der Waals surface area contributed by atoms with Crippen molar-refractivity contribution in [2.45, 2.75) is 47.1 Å². The lowest BCUT2D eigenvalue weighted by Gasteiger charge is -2.29. The molecule has 0 bridgehead atoms. The van der Waals surface area contributed by atoms with Crippen molar-refractivity contribution in [3.8, 4) is 6.01 Å². The second kappa shape index (κ2) is 10.3. The molecule has 0 saturated carbocycles. The van der Waals surface area contributed by atoms with Crippen LogP contribution in [0.3, 0.4) is 0 Å². The highest BCUT2D eigenvalue weighted by Gasteiger charge is 2.29. The lowest BCUT2D eigenvalue weighted by atomic mass is 9.77. The zero-order valence-electron chi connectivity index (χ0n) is 21.3. The molecule has 7 heteroatoms. The number of hydrogen-bond acceptors (Lipinski definition) is 4. The molecule has 1 aliphatic carbocycles. The number of aromatic nitrogens is 2. The Morgan fingerprint density at radius 1 is 1.21 bits per heavy atom. The highest BCUT2D eigenvalue weighted by atomic mass is 16.5. The van der Waals surface area contributed by atoms with E-state index in [4.69, 9.17) is 4.74 Å². The third kappa shape index (κ3) is 5.76. The van der Waals surface area contributed by atoms with Gasteiger partial charge >= 0.3 is 6.01 Å². The van der Waals surface area contributed by atoms with E-state index >= 15 is 0 Å². The first-order chi connectivity index (χ1) is 16.0. The molecule has 0 radical (unpaired) electrons. The predicted octanol–water partition coefficient (Wildman–Crippen LogP) is 4.61. The summed E-state index contributed by atoms with van der Waals surface area (Å²) in [6, 6.07) is 8.60. The molecule has 1 atom stereocenters. The van der Waals surface area contributed by atoms with E-state index in [0.717, 1.165) is 12.0 Å². The van der Waals surface area contributed by atoms with Crippen molar-refractivity contribution < 1.29 is 14.3 Å². The van der Waals surface area contributed by atoms with E-state index in [0.29, 0.717) is 42.8 Å². The van der Waals surface area contributed by atoms with Gasteiger partial charge in [-0.1, -0.05) is 56.7 Å². The van der Waals surface area contributed by atoms with E-state index in [9.17, 15) is 9.59 Å². The zero-order chi connectivity index (χ0) is 25.0. The van der Waals surface area contributed by atoms with Gasteiger partial charge in [0.2, 0.25) is 6.41 Å². The van der Waals surface area contributed by atoms with Gasteiger partial charge in [0.15, 0.2) is 11.5 Å². The standard InChI is InChI=1S/C27H36N4O3/c1-19-8-10-20(11-9-19)16-17-31-23(25(33)29(5)6)24(30(7)18-32)28-26(31)34-22-14-12-21(13-15-22)27(2,3)4/h8-12,14-15,18,21H,13,16-17H2,1-7H3. The van der Waals surface area contributed by atoms with Crippen LogP contribution >= 0.6 is 0 Å². The number of nitrogens with zero attached hydrogens (tertiary/aromatic N) is 4. The van der Waals surface area contributed by atoms with Gasteiger partial charge in [0.25, 0.3) is 5.91 Å². The number of carbonyl (C=O) groups is 2. The van der Waals surface area contributed by atoms with Crippen molar-refractivity contribution in [2.75, 3.05) is 26.0 Å². The Balaban J connectivity index is 1.98. The summed E-state index contributed by atoms with van der Waals surface area (Å²) in [5, 5.41) is 0. The number of ether oxygens (including phenoxy) is 1. The van der Waals surface area contributed by atoms with Crippen LogP contribution in [0.25, 0.3) is 0 Å². The van der Waals surface area contributed by atoms with Crippen LogP contribution in [-0.4, -0.2) is 47.9 Å². The molecule has 0 N–H and O–H groups in total. The molecule has 182 valence electrons. The van der Waals surface area contributed by atoms with Gasteiger partial charge in [-0.05, 0) is 48.8 Å². The molecule has 1 aliphatic rings. The zero-order valence-corrected chi connectivity index (χ0v) is 21.3. The maximum Gasteiger partial charge on any atom is 0.304 e. The summed E-state index contributed by atoms with van der Waals surface area (Å²) in [6.07, 6.45) is 8.40. The number of allylic oxidation sites excluding steroid dienone is 3. The fraction of sp³-hybridized carbons (Fsp3) is 0.444. The number of hydrogen-bond donors (Lipinski definition) is 0. The van der Waals surface area contributed by atoms with Crippen LogP contribution in [0.2, 0.25) is 0 Å². The van der Waals surface area contributed by atoms with Crippen LogP contribution in [0.4, 0.5) is 5.82 Å². The summed E-state index contributed by atoms with van der Waals surface area (Å²) >= 11 is 0. The Morgan fingerprint density at radius 3 is 2.41 bits per heavy atom. The predicted molar refractivity (Wildman–Crippen MR) is 135 cm³/mol. The van der Waals surface area contributed by atoms with Gasteiger partial charge in [0.05, 0.1) is 0 Å². The molecule has 0 spiro atoms. The summed E-state index contributed by atoms with van der Waals surface area (Å²) in [4.78, 5) is 32.1. The summed E-state index contributed by atoms with van der Waals surface area (Å²) in [6.45, 7) is 9.20. The van der Waals surface area contributed by atoms with Crippen LogP contribution in [0.15, 0.2) is 48.3 Å². The van der Waals surface area contributed by atoms with E-state index in [1.54, 1.807) is 25.7 Å². The van der Waals surface area contributed by atoms with E-state index in [-0.39, 0.29) is 17.1 Å². The van der Waals surface area contributed by atoms with E-state index in [1.807, 2.05) is 6.08 Å². The summed E-state index contributed by atoms with van der Waals surface area (Å²) in [7, 11) is 4.96. The van der Waals surface area contributed by atoms with Crippen LogP contribution in [0.1, 0.15) is 48.8 Å². The Bertz CT molecular complexity index is 1090. The summed E-state index contributed by atoms with van der Waals surface area (Å²) in [5.74, 6) is 1.14. The first-order valence-corrected chi connectivity index (χ1v) is 11.6. The van der Waals surface area contributed by atoms with Crippen molar-refractivity contribution >= 4 is 18.1 Å². The van der Waals surface area contributed by atoms with Crippen molar-refractivity contribution in [3.63, 3.8) is 0 Å². The van der Waals surface area contributed by atoms with Crippen molar-refractivity contribution in [1.82, 2.24) is 14.5 Å². The molecular weight excluding hydrogens is 428 g/mol. The van der Waals surface area contributed by atoms with Crippen LogP contribution in [0, 0.1) is 18.3 Å². The maximum atomic E-state index is 13.2. The molecule has 1 heterocycles. The number of imidazole rings is 1. The Hall–Kier alpha value is -3.35. The molecule has 34 heavy (non-hydrogen) atoms. The SMILES string of the molecule is Cc1ccc(CCn2c(OC3=CCC(C(C)(C)C)C=C3)nc(N(C)C=O)c2C(=O)N(C)C)cc1. The third-order valence-electron chi connectivity index (χ3n) is 6.15. The molecule has 1 unspecified atom stereocenters. The Labute approximate surface area is 202 Å². The number of benzene rings is 1. The minimum Gasteiger partial charge on any atom is -0.426 e. The highest BCUT2D eigenvalue weighted by molar-refractivity contribution is 5.99. The van der Waals surface area contributed by atoms with Gasteiger partial charge in [0.1, 0.15) is 5.76 Å². The highest BCUT2D eigenvalue weighted by Crippen LogP contribution is 2.34. The number of anilines is 1. The van der Waals surface area contributed by atoms with Crippen LogP contribution in [0.5, 0.6) is 6.01 Å². The lowest BCUT2D eigenvalue weighted by molar-refractivity contribution is -0.107. The molecule has 0 aliphatic heterocycles. The minimum absolute atomic E-state index is 0.163. The Kier molecular flexibility index (Phi) is 7.64. The maximum absolute atomic E-state index is 13.2. The largest absolute Gasteiger partial charge is 0.426 e. The molecule has 1 aromatic carbocycles. The number of aryl methyl sites for hydroxylation is 2. The normalized spacial score (nSPS) is 15.6. The monoisotopic (exact) mass is 464 g/mol. The first-order valence-electron chi connectivity index (χ1n) is 11.6. The molecule has 0 fully saturated rings.